The van der Waals surface area contributed by atoms with Crippen LogP contribution in [0.5, 0.6) is 0 Å². The fourth-order valence-corrected chi connectivity index (χ4v) is 2.50. The zero-order valence-corrected chi connectivity index (χ0v) is 11.6. The lowest BCUT2D eigenvalue weighted by Gasteiger charge is -2.07. The van der Waals surface area contributed by atoms with Crippen molar-refractivity contribution in [3.05, 3.63) is 72.6 Å². The van der Waals surface area contributed by atoms with Crippen molar-refractivity contribution in [2.24, 2.45) is 0 Å². The first-order valence-corrected chi connectivity index (χ1v) is 6.95. The van der Waals surface area contributed by atoms with Crippen molar-refractivity contribution >= 4 is 33.5 Å². The number of rotatable bonds is 2. The Labute approximate surface area is 126 Å². The number of pyridine rings is 1. The molecule has 0 radical (unpaired) electrons. The predicted molar refractivity (Wildman–Crippen MR) is 85.9 cm³/mol. The van der Waals surface area contributed by atoms with Crippen LogP contribution in [-0.2, 0) is 0 Å². The number of amides is 1. The van der Waals surface area contributed by atoms with E-state index in [2.05, 4.69) is 10.3 Å². The Balaban J connectivity index is 1.71. The van der Waals surface area contributed by atoms with Crippen LogP contribution in [0.15, 0.2) is 71.3 Å². The zero-order valence-electron chi connectivity index (χ0n) is 11.6. The normalized spacial score (nSPS) is 10.9. The average molecular weight is 288 g/mol. The molecule has 0 atom stereocenters. The molecule has 4 heteroatoms. The zero-order chi connectivity index (χ0) is 14.9. The highest BCUT2D eigenvalue weighted by molar-refractivity contribution is 6.08. The maximum Gasteiger partial charge on any atom is 0.291 e. The summed E-state index contributed by atoms with van der Waals surface area (Å²) in [6.07, 6.45) is 1.67. The molecule has 4 rings (SSSR count). The van der Waals surface area contributed by atoms with E-state index < -0.39 is 0 Å². The molecule has 2 heterocycles. The molecule has 1 amide bonds. The minimum Gasteiger partial charge on any atom is -0.449 e. The Morgan fingerprint density at radius 2 is 1.86 bits per heavy atom. The molecule has 4 aromatic rings. The van der Waals surface area contributed by atoms with Crippen LogP contribution in [0.3, 0.4) is 0 Å². The molecule has 1 N–H and O–H groups in total. The fraction of sp³-hybridized carbons (Fsp3) is 0. The number of carbonyl (C=O) groups is 1. The molecule has 2 aromatic heterocycles. The third kappa shape index (κ3) is 2.11. The van der Waals surface area contributed by atoms with Gasteiger partial charge in [-0.05, 0) is 23.6 Å². The van der Waals surface area contributed by atoms with Crippen molar-refractivity contribution < 1.29 is 9.21 Å². The highest BCUT2D eigenvalue weighted by atomic mass is 16.3. The van der Waals surface area contributed by atoms with Crippen molar-refractivity contribution in [3.8, 4) is 0 Å². The van der Waals surface area contributed by atoms with E-state index in [1.807, 2.05) is 42.5 Å². The summed E-state index contributed by atoms with van der Waals surface area (Å²) in [5.41, 5.74) is 2.03. The largest absolute Gasteiger partial charge is 0.449 e. The van der Waals surface area contributed by atoms with E-state index in [1.165, 1.54) is 0 Å². The van der Waals surface area contributed by atoms with Crippen LogP contribution in [0.2, 0.25) is 0 Å². The Bertz CT molecular complexity index is 950. The van der Waals surface area contributed by atoms with Crippen LogP contribution in [-0.4, -0.2) is 10.9 Å². The quantitative estimate of drug-likeness (QED) is 0.600. The lowest BCUT2D eigenvalue weighted by molar-refractivity contribution is 0.0999. The minimum absolute atomic E-state index is 0.252. The molecule has 106 valence electrons. The monoisotopic (exact) mass is 288 g/mol. The van der Waals surface area contributed by atoms with E-state index in [0.717, 1.165) is 16.5 Å². The van der Waals surface area contributed by atoms with Gasteiger partial charge in [0, 0.05) is 23.3 Å². The maximum atomic E-state index is 12.4. The van der Waals surface area contributed by atoms with Crippen molar-refractivity contribution in [2.45, 2.75) is 0 Å². The van der Waals surface area contributed by atoms with Gasteiger partial charge in [-0.15, -0.1) is 0 Å². The number of benzene rings is 2. The van der Waals surface area contributed by atoms with Gasteiger partial charge in [-0.1, -0.05) is 36.4 Å². The highest BCUT2D eigenvalue weighted by Crippen LogP contribution is 2.24. The summed E-state index contributed by atoms with van der Waals surface area (Å²) in [7, 11) is 0. The van der Waals surface area contributed by atoms with Crippen LogP contribution >= 0.6 is 0 Å². The first-order chi connectivity index (χ1) is 10.8. The number of anilines is 1. The molecule has 0 unspecified atom stereocenters. The minimum atomic E-state index is -0.283. The van der Waals surface area contributed by atoms with E-state index in [0.29, 0.717) is 11.1 Å². The summed E-state index contributed by atoms with van der Waals surface area (Å²) in [4.78, 5) is 16.6. The fourth-order valence-electron chi connectivity index (χ4n) is 2.50. The summed E-state index contributed by atoms with van der Waals surface area (Å²) in [6, 6.07) is 18.9. The first kappa shape index (κ1) is 12.6. The number of aromatic nitrogens is 1. The number of carbonyl (C=O) groups excluding carboxylic acids is 1. The lowest BCUT2D eigenvalue weighted by Crippen LogP contribution is -2.11. The van der Waals surface area contributed by atoms with Gasteiger partial charge in [0.2, 0.25) is 0 Å². The van der Waals surface area contributed by atoms with Crippen molar-refractivity contribution in [1.82, 2.24) is 4.98 Å². The van der Waals surface area contributed by atoms with E-state index in [9.17, 15) is 4.79 Å². The molecular formula is C18H12N2O2. The van der Waals surface area contributed by atoms with Gasteiger partial charge in [0.1, 0.15) is 5.52 Å². The second-order valence-corrected chi connectivity index (χ2v) is 4.98. The van der Waals surface area contributed by atoms with Crippen LogP contribution < -0.4 is 5.32 Å². The SMILES string of the molecule is O=C(Nc1cccc2ccccc12)c1cc2ncccc2o1. The average Bonchev–Trinajstić information content (AvgIpc) is 2.99. The molecule has 0 fully saturated rings. The topological polar surface area (TPSA) is 55.1 Å². The van der Waals surface area contributed by atoms with E-state index in [-0.39, 0.29) is 11.7 Å². The van der Waals surface area contributed by atoms with Crippen molar-refractivity contribution in [2.75, 3.05) is 5.32 Å². The van der Waals surface area contributed by atoms with E-state index >= 15 is 0 Å². The summed E-state index contributed by atoms with van der Waals surface area (Å²) in [5, 5.41) is 4.97. The summed E-state index contributed by atoms with van der Waals surface area (Å²) in [6.45, 7) is 0. The molecule has 2 aromatic carbocycles. The summed E-state index contributed by atoms with van der Waals surface area (Å²) < 4.78 is 5.54. The van der Waals surface area contributed by atoms with Crippen LogP contribution in [0.1, 0.15) is 10.6 Å². The van der Waals surface area contributed by atoms with Gasteiger partial charge in [0.15, 0.2) is 11.3 Å². The van der Waals surface area contributed by atoms with Gasteiger partial charge in [-0.2, -0.15) is 0 Å². The molecule has 0 spiro atoms. The Morgan fingerprint density at radius 1 is 1.00 bits per heavy atom. The molecule has 22 heavy (non-hydrogen) atoms. The number of nitrogens with one attached hydrogen (secondary N) is 1. The number of nitrogens with zero attached hydrogens (tertiary/aromatic N) is 1. The maximum absolute atomic E-state index is 12.4. The number of furan rings is 1. The predicted octanol–water partition coefficient (Wildman–Crippen LogP) is 4.23. The number of hydrogen-bond donors (Lipinski definition) is 1. The van der Waals surface area contributed by atoms with Gasteiger partial charge in [-0.25, -0.2) is 0 Å². The highest BCUT2D eigenvalue weighted by Gasteiger charge is 2.13. The third-order valence-electron chi connectivity index (χ3n) is 3.55. The van der Waals surface area contributed by atoms with Crippen LogP contribution in [0.25, 0.3) is 21.9 Å². The molecular weight excluding hydrogens is 276 g/mol. The van der Waals surface area contributed by atoms with Gasteiger partial charge in [0.05, 0.1) is 0 Å². The van der Waals surface area contributed by atoms with Gasteiger partial charge in [0.25, 0.3) is 5.91 Å². The summed E-state index contributed by atoms with van der Waals surface area (Å²) in [5.74, 6) is -0.0315. The van der Waals surface area contributed by atoms with Gasteiger partial charge in [-0.3, -0.25) is 9.78 Å². The summed E-state index contributed by atoms with van der Waals surface area (Å²) >= 11 is 0. The second-order valence-electron chi connectivity index (χ2n) is 4.98. The van der Waals surface area contributed by atoms with Crippen LogP contribution in [0, 0.1) is 0 Å². The van der Waals surface area contributed by atoms with E-state index in [1.54, 1.807) is 24.4 Å². The molecule has 0 saturated heterocycles. The van der Waals surface area contributed by atoms with Crippen LogP contribution in [0.4, 0.5) is 5.69 Å². The smallest absolute Gasteiger partial charge is 0.291 e. The van der Waals surface area contributed by atoms with E-state index in [4.69, 9.17) is 4.42 Å². The molecule has 0 aliphatic carbocycles. The molecule has 0 aliphatic heterocycles. The number of fused-ring (bicyclic) bond motifs is 2. The second kappa shape index (κ2) is 5.00. The number of hydrogen-bond acceptors (Lipinski definition) is 3. The van der Waals surface area contributed by atoms with Crippen molar-refractivity contribution in [3.63, 3.8) is 0 Å². The molecule has 0 aliphatic rings. The van der Waals surface area contributed by atoms with Gasteiger partial charge >= 0.3 is 0 Å². The molecule has 0 bridgehead atoms. The Kier molecular flexibility index (Phi) is 2.86. The Morgan fingerprint density at radius 3 is 2.77 bits per heavy atom. The standard InChI is InChI=1S/C18H12N2O2/c21-18(17-11-15-16(22-17)9-4-10-19-15)20-14-8-3-6-12-5-1-2-7-13(12)14/h1-11H,(H,20,21). The third-order valence-corrected chi connectivity index (χ3v) is 3.55. The van der Waals surface area contributed by atoms with Gasteiger partial charge < -0.3 is 9.73 Å². The lowest BCUT2D eigenvalue weighted by atomic mass is 10.1. The molecule has 4 nitrogen and oxygen atoms in total. The van der Waals surface area contributed by atoms with Crippen molar-refractivity contribution in [1.29, 1.82) is 0 Å². The molecule has 0 saturated carbocycles. The first-order valence-electron chi connectivity index (χ1n) is 6.95. The Hall–Kier alpha value is -3.14.